The first kappa shape index (κ1) is 16.9. The predicted molar refractivity (Wildman–Crippen MR) is 96.5 cm³/mol. The minimum Gasteiger partial charge on any atom is -0.379 e. The molecule has 1 aliphatic carbocycles. The van der Waals surface area contributed by atoms with E-state index < -0.39 is 0 Å². The molecule has 0 N–H and O–H groups in total. The van der Waals surface area contributed by atoms with Crippen molar-refractivity contribution in [3.05, 3.63) is 24.0 Å². The molecule has 1 amide bonds. The van der Waals surface area contributed by atoms with E-state index in [1.54, 1.807) is 11.0 Å². The minimum atomic E-state index is -0.329. The molecule has 1 aromatic heterocycles. The number of aromatic nitrogens is 1. The molecule has 1 saturated heterocycles. The molecular weight excluding hydrogens is 341 g/mol. The first-order valence-corrected chi connectivity index (χ1v) is 9.70. The summed E-state index contributed by atoms with van der Waals surface area (Å²) in [5.74, 6) is -0.0928. The van der Waals surface area contributed by atoms with Crippen LogP contribution in [-0.2, 0) is 9.53 Å². The van der Waals surface area contributed by atoms with Gasteiger partial charge in [0.15, 0.2) is 5.13 Å². The quantitative estimate of drug-likeness (QED) is 0.819. The summed E-state index contributed by atoms with van der Waals surface area (Å²) >= 11 is 1.40. The molecule has 25 heavy (non-hydrogen) atoms. The number of hydrogen-bond donors (Lipinski definition) is 0. The van der Waals surface area contributed by atoms with Crippen LogP contribution in [0.4, 0.5) is 9.52 Å². The van der Waals surface area contributed by atoms with E-state index in [0.29, 0.717) is 17.2 Å². The Hall–Kier alpha value is -1.57. The molecule has 0 radical (unpaired) electrons. The van der Waals surface area contributed by atoms with Crippen LogP contribution in [0.2, 0.25) is 0 Å². The largest absolute Gasteiger partial charge is 0.379 e. The Balaban J connectivity index is 1.56. The second-order valence-electron chi connectivity index (χ2n) is 6.65. The van der Waals surface area contributed by atoms with Gasteiger partial charge in [0, 0.05) is 32.1 Å². The molecule has 0 atom stereocenters. The number of thiazole rings is 1. The molecular formula is C18H22FN3O2S. The fourth-order valence-electron chi connectivity index (χ4n) is 3.26. The van der Waals surface area contributed by atoms with Gasteiger partial charge in [-0.25, -0.2) is 9.37 Å². The normalized spacial score (nSPS) is 19.1. The maximum absolute atomic E-state index is 14.0. The van der Waals surface area contributed by atoms with Gasteiger partial charge in [-0.3, -0.25) is 14.6 Å². The second kappa shape index (κ2) is 7.35. The zero-order chi connectivity index (χ0) is 17.2. The van der Waals surface area contributed by atoms with E-state index in [9.17, 15) is 9.18 Å². The van der Waals surface area contributed by atoms with E-state index in [1.165, 1.54) is 17.4 Å². The molecule has 0 bridgehead atoms. The minimum absolute atomic E-state index is 0.0987. The van der Waals surface area contributed by atoms with E-state index in [4.69, 9.17) is 4.74 Å². The molecule has 4 rings (SSSR count). The third kappa shape index (κ3) is 3.54. The Morgan fingerprint density at radius 2 is 2.16 bits per heavy atom. The summed E-state index contributed by atoms with van der Waals surface area (Å²) in [6, 6.07) is 4.96. The van der Waals surface area contributed by atoms with Gasteiger partial charge in [0.05, 0.1) is 17.9 Å². The van der Waals surface area contributed by atoms with Crippen LogP contribution in [0.1, 0.15) is 19.3 Å². The van der Waals surface area contributed by atoms with Gasteiger partial charge in [0.25, 0.3) is 0 Å². The fourth-order valence-corrected chi connectivity index (χ4v) is 4.27. The molecule has 2 heterocycles. The molecule has 1 aliphatic heterocycles. The number of anilines is 1. The third-order valence-corrected chi connectivity index (χ3v) is 6.10. The molecule has 0 unspecified atom stereocenters. The van der Waals surface area contributed by atoms with Crippen molar-refractivity contribution in [3.63, 3.8) is 0 Å². The van der Waals surface area contributed by atoms with Crippen molar-refractivity contribution < 1.29 is 13.9 Å². The van der Waals surface area contributed by atoms with Crippen LogP contribution in [-0.4, -0.2) is 55.2 Å². The average molecular weight is 363 g/mol. The molecule has 1 aromatic carbocycles. The lowest BCUT2D eigenvalue weighted by molar-refractivity contribution is -0.124. The molecule has 2 aliphatic rings. The van der Waals surface area contributed by atoms with Gasteiger partial charge in [0.1, 0.15) is 11.3 Å². The Kier molecular flexibility index (Phi) is 4.96. The number of para-hydroxylation sites is 1. The molecule has 2 aromatic rings. The zero-order valence-corrected chi connectivity index (χ0v) is 14.9. The Morgan fingerprint density at radius 1 is 1.36 bits per heavy atom. The fraction of sp³-hybridized carbons (Fsp3) is 0.556. The van der Waals surface area contributed by atoms with E-state index in [-0.39, 0.29) is 17.6 Å². The van der Waals surface area contributed by atoms with Crippen molar-refractivity contribution in [2.45, 2.75) is 19.3 Å². The molecule has 7 heteroatoms. The SMILES string of the molecule is O=C(C1CCC1)N(CCN1CCOCC1)c1nc2c(F)cccc2s1. The van der Waals surface area contributed by atoms with E-state index in [2.05, 4.69) is 9.88 Å². The van der Waals surface area contributed by atoms with Crippen molar-refractivity contribution >= 4 is 32.6 Å². The maximum atomic E-state index is 14.0. The lowest BCUT2D eigenvalue weighted by atomic mass is 9.84. The summed E-state index contributed by atoms with van der Waals surface area (Å²) in [4.78, 5) is 21.4. The number of halogens is 1. The number of nitrogens with zero attached hydrogens (tertiary/aromatic N) is 3. The standard InChI is InChI=1S/C18H22FN3O2S/c19-14-5-2-6-15-16(14)20-18(25-15)22(17(23)13-3-1-4-13)8-7-21-9-11-24-12-10-21/h2,5-6,13H,1,3-4,7-12H2. The number of carbonyl (C=O) groups excluding carboxylic acids is 1. The number of fused-ring (bicyclic) bond motifs is 1. The van der Waals surface area contributed by atoms with Crippen LogP contribution in [0.15, 0.2) is 18.2 Å². The van der Waals surface area contributed by atoms with Gasteiger partial charge in [0.2, 0.25) is 5.91 Å². The van der Waals surface area contributed by atoms with Gasteiger partial charge in [-0.05, 0) is 25.0 Å². The van der Waals surface area contributed by atoms with Gasteiger partial charge in [-0.1, -0.05) is 23.8 Å². The number of morpholine rings is 1. The van der Waals surface area contributed by atoms with Crippen LogP contribution in [0.3, 0.4) is 0 Å². The lowest BCUT2D eigenvalue weighted by Gasteiger charge is -2.33. The summed E-state index contributed by atoms with van der Waals surface area (Å²) in [5, 5.41) is 0.616. The second-order valence-corrected chi connectivity index (χ2v) is 7.66. The van der Waals surface area contributed by atoms with Gasteiger partial charge in [-0.2, -0.15) is 0 Å². The molecule has 1 saturated carbocycles. The van der Waals surface area contributed by atoms with E-state index in [1.807, 2.05) is 6.07 Å². The molecule has 0 spiro atoms. The van der Waals surface area contributed by atoms with Crippen molar-refractivity contribution in [2.75, 3.05) is 44.3 Å². The molecule has 5 nitrogen and oxygen atoms in total. The number of hydrogen-bond acceptors (Lipinski definition) is 5. The number of ether oxygens (including phenoxy) is 1. The Labute approximate surface area is 150 Å². The average Bonchev–Trinajstić information content (AvgIpc) is 3.00. The summed E-state index contributed by atoms with van der Waals surface area (Å²) in [6.45, 7) is 4.64. The van der Waals surface area contributed by atoms with Crippen LogP contribution >= 0.6 is 11.3 Å². The maximum Gasteiger partial charge on any atom is 0.231 e. The van der Waals surface area contributed by atoms with Crippen molar-refractivity contribution in [3.8, 4) is 0 Å². The number of rotatable bonds is 5. The molecule has 2 fully saturated rings. The van der Waals surface area contributed by atoms with Gasteiger partial charge in [-0.15, -0.1) is 0 Å². The highest BCUT2D eigenvalue weighted by Crippen LogP contribution is 2.34. The van der Waals surface area contributed by atoms with Gasteiger partial charge >= 0.3 is 0 Å². The summed E-state index contributed by atoms with van der Waals surface area (Å²) in [7, 11) is 0. The third-order valence-electron chi connectivity index (χ3n) is 5.05. The van der Waals surface area contributed by atoms with Crippen LogP contribution in [0.25, 0.3) is 10.2 Å². The highest BCUT2D eigenvalue weighted by Gasteiger charge is 2.32. The van der Waals surface area contributed by atoms with Gasteiger partial charge < -0.3 is 4.74 Å². The number of carbonyl (C=O) groups is 1. The highest BCUT2D eigenvalue weighted by atomic mass is 32.1. The summed E-state index contributed by atoms with van der Waals surface area (Å²) < 4.78 is 20.2. The molecule has 134 valence electrons. The summed E-state index contributed by atoms with van der Waals surface area (Å²) in [5.41, 5.74) is 0.361. The summed E-state index contributed by atoms with van der Waals surface area (Å²) in [6.07, 6.45) is 3.01. The lowest BCUT2D eigenvalue weighted by Crippen LogP contribution is -2.45. The van der Waals surface area contributed by atoms with Crippen LogP contribution in [0.5, 0.6) is 0 Å². The predicted octanol–water partition coefficient (Wildman–Crippen LogP) is 2.90. The van der Waals surface area contributed by atoms with Crippen molar-refractivity contribution in [1.82, 2.24) is 9.88 Å². The monoisotopic (exact) mass is 363 g/mol. The number of amides is 1. The zero-order valence-electron chi connectivity index (χ0n) is 14.1. The van der Waals surface area contributed by atoms with Crippen molar-refractivity contribution in [2.24, 2.45) is 5.92 Å². The van der Waals surface area contributed by atoms with Crippen LogP contribution < -0.4 is 4.90 Å². The smallest absolute Gasteiger partial charge is 0.231 e. The topological polar surface area (TPSA) is 45.7 Å². The first-order valence-electron chi connectivity index (χ1n) is 8.89. The van der Waals surface area contributed by atoms with Crippen molar-refractivity contribution in [1.29, 1.82) is 0 Å². The van der Waals surface area contributed by atoms with E-state index in [0.717, 1.165) is 56.8 Å². The van der Waals surface area contributed by atoms with E-state index >= 15 is 0 Å². The first-order chi connectivity index (χ1) is 12.2. The Bertz CT molecular complexity index is 756. The number of benzene rings is 1. The van der Waals surface area contributed by atoms with Crippen LogP contribution in [0, 0.1) is 11.7 Å². The highest BCUT2D eigenvalue weighted by molar-refractivity contribution is 7.22. The Morgan fingerprint density at radius 3 is 2.84 bits per heavy atom.